The van der Waals surface area contributed by atoms with E-state index >= 15 is 0 Å². The lowest BCUT2D eigenvalue weighted by Gasteiger charge is -2.43. The number of anilines is 2. The molecule has 8 rings (SSSR count). The monoisotopic (exact) mass is 1130 g/mol. The largest absolute Gasteiger partial charge is 0.467 e. The van der Waals surface area contributed by atoms with Crippen LogP contribution in [0.5, 0.6) is 11.5 Å². The number of hydrogen-bond acceptors (Lipinski definition) is 17. The van der Waals surface area contributed by atoms with Gasteiger partial charge in [0.1, 0.15) is 17.1 Å². The molecule has 1 aromatic heterocycles. The van der Waals surface area contributed by atoms with E-state index in [0.717, 1.165) is 55.7 Å². The number of rotatable bonds is 14. The third kappa shape index (κ3) is 11.8. The number of carbonyl (C=O) groups excluding carboxylic acids is 8. The SMILES string of the molecule is COC(=O)C1O[C@@H](Oc2cc3c(c4ccccc24)[C@H](CCl)CN3C(=O)c2ccc(C(=O)N3C[C@@H](CCl)c4c3cc(OC(=O)N(C)CCN(C)C(=O)OC(C)(C)C)c3ccccc43)s2)[C@H](OC(C)=O)[C@@H](OC(C)=O)[C@@H]1OC(C)=O. The second-order valence-corrected chi connectivity index (χ2v) is 21.6. The van der Waals surface area contributed by atoms with Crippen LogP contribution in [0.25, 0.3) is 21.5 Å². The molecule has 4 heterocycles. The van der Waals surface area contributed by atoms with Crippen LogP contribution in [0.3, 0.4) is 0 Å². The second-order valence-electron chi connectivity index (χ2n) is 19.9. The van der Waals surface area contributed by atoms with E-state index in [1.54, 1.807) is 82.2 Å². The molecule has 0 bridgehead atoms. The average Bonchev–Trinajstić information content (AvgIpc) is 4.27. The molecule has 0 spiro atoms. The second kappa shape index (κ2) is 23.4. The van der Waals surface area contributed by atoms with Crippen molar-refractivity contribution < 1.29 is 76.3 Å². The van der Waals surface area contributed by atoms with E-state index in [-0.39, 0.29) is 71.0 Å². The molecular weight excluding hydrogens is 1080 g/mol. The highest BCUT2D eigenvalue weighted by atomic mass is 35.5. The Morgan fingerprint density at radius 2 is 1.09 bits per heavy atom. The Balaban J connectivity index is 1.09. The fourth-order valence-corrected chi connectivity index (χ4v) is 11.2. The minimum Gasteiger partial charge on any atom is -0.467 e. The lowest BCUT2D eigenvalue weighted by molar-refractivity contribution is -0.282. The van der Waals surface area contributed by atoms with Gasteiger partial charge in [-0.25, -0.2) is 14.4 Å². The van der Waals surface area contributed by atoms with Crippen LogP contribution in [-0.2, 0) is 47.6 Å². The van der Waals surface area contributed by atoms with Crippen LogP contribution in [-0.4, -0.2) is 153 Å². The van der Waals surface area contributed by atoms with Crippen LogP contribution >= 0.6 is 34.5 Å². The fourth-order valence-electron chi connectivity index (χ4n) is 9.77. The molecule has 20 nitrogen and oxygen atoms in total. The van der Waals surface area contributed by atoms with Crippen molar-refractivity contribution in [3.8, 4) is 11.5 Å². The van der Waals surface area contributed by atoms with Crippen molar-refractivity contribution in [2.75, 3.05) is 68.9 Å². The number of hydrogen-bond donors (Lipinski definition) is 0. The van der Waals surface area contributed by atoms with E-state index in [1.807, 2.05) is 30.3 Å². The van der Waals surface area contributed by atoms with Gasteiger partial charge in [0.15, 0.2) is 18.3 Å². The Labute approximate surface area is 463 Å². The van der Waals surface area contributed by atoms with Gasteiger partial charge in [0.25, 0.3) is 11.8 Å². The number of amides is 4. The number of fused-ring (bicyclic) bond motifs is 6. The summed E-state index contributed by atoms with van der Waals surface area (Å²) in [5, 5.41) is 2.52. The summed E-state index contributed by atoms with van der Waals surface area (Å²) in [7, 11) is 4.20. The molecule has 4 aromatic carbocycles. The molecule has 0 aliphatic carbocycles. The highest BCUT2D eigenvalue weighted by Crippen LogP contribution is 2.49. The summed E-state index contributed by atoms with van der Waals surface area (Å²) in [5.41, 5.74) is 1.70. The summed E-state index contributed by atoms with van der Waals surface area (Å²) in [5.74, 6) is -4.59. The molecule has 0 N–H and O–H groups in total. The third-order valence-corrected chi connectivity index (χ3v) is 15.0. The first-order chi connectivity index (χ1) is 37.0. The van der Waals surface area contributed by atoms with Gasteiger partial charge in [0.2, 0.25) is 12.4 Å². The lowest BCUT2D eigenvalue weighted by atomic mass is 9.95. The van der Waals surface area contributed by atoms with Crippen LogP contribution in [0.2, 0.25) is 0 Å². The number of carbonyl (C=O) groups is 8. The van der Waals surface area contributed by atoms with E-state index in [0.29, 0.717) is 27.5 Å². The zero-order chi connectivity index (χ0) is 56.5. The first-order valence-corrected chi connectivity index (χ1v) is 26.7. The Bertz CT molecular complexity index is 3200. The quantitative estimate of drug-likeness (QED) is 0.0578. The van der Waals surface area contributed by atoms with Crippen molar-refractivity contribution in [2.45, 2.75) is 89.7 Å². The van der Waals surface area contributed by atoms with Gasteiger partial charge in [-0.2, -0.15) is 0 Å². The van der Waals surface area contributed by atoms with Crippen LogP contribution in [0.15, 0.2) is 72.8 Å². The summed E-state index contributed by atoms with van der Waals surface area (Å²) in [6, 6.07) is 20.8. The number of alkyl halides is 2. The number of benzene rings is 4. The van der Waals surface area contributed by atoms with Crippen LogP contribution in [0, 0.1) is 0 Å². The molecule has 1 saturated heterocycles. The smallest absolute Gasteiger partial charge is 0.415 e. The highest BCUT2D eigenvalue weighted by molar-refractivity contribution is 7.16. The standard InChI is InChI=1S/C55H58Cl2N4O16S/c1-28(62)71-45-46(72-29(2)63)48(73-30(3)64)52(76-47(45)51(67)70-9)74-39-22-37-43(35-16-12-10-14-33(35)39)31(24-56)26-60(37)49(65)41-18-19-42(78-41)50(66)61-27-32(25-57)44-36-17-13-11-15-34(36)40(23-38(44)61)75-53(68)58(7)20-21-59(8)54(69)77-55(4,5)6/h10-19,22-23,31-32,45-48,52H,20-21,24-27H2,1-9H3/t31-,32-,45+,46+,47?,48-,52-/m1/s1. The van der Waals surface area contributed by atoms with Crippen LogP contribution in [0.1, 0.15) is 83.8 Å². The molecule has 414 valence electrons. The number of esters is 4. The summed E-state index contributed by atoms with van der Waals surface area (Å²) >= 11 is 14.2. The minimum absolute atomic E-state index is 0.0919. The molecule has 1 unspecified atom stereocenters. The number of thiophene rings is 1. The topological polar surface area (TPSA) is 223 Å². The van der Waals surface area contributed by atoms with Gasteiger partial charge in [-0.1, -0.05) is 48.5 Å². The maximum Gasteiger partial charge on any atom is 0.415 e. The molecule has 3 aliphatic heterocycles. The number of halogens is 2. The summed E-state index contributed by atoms with van der Waals surface area (Å²) in [4.78, 5) is 113. The molecule has 1 fully saturated rings. The van der Waals surface area contributed by atoms with Crippen molar-refractivity contribution >= 4 is 115 Å². The first-order valence-electron chi connectivity index (χ1n) is 24.8. The molecule has 4 amide bonds. The van der Waals surface area contributed by atoms with Crippen molar-refractivity contribution in [1.82, 2.24) is 9.80 Å². The van der Waals surface area contributed by atoms with E-state index in [2.05, 4.69) is 0 Å². The third-order valence-electron chi connectivity index (χ3n) is 13.2. The number of likely N-dealkylation sites (N-methyl/N-ethyl adjacent to an activating group) is 2. The molecule has 5 aromatic rings. The van der Waals surface area contributed by atoms with Gasteiger partial charge in [0, 0.05) is 108 Å². The number of methoxy groups -OCH3 is 1. The molecule has 78 heavy (non-hydrogen) atoms. The highest BCUT2D eigenvalue weighted by Gasteiger charge is 2.56. The number of ether oxygens (including phenoxy) is 8. The van der Waals surface area contributed by atoms with Gasteiger partial charge in [-0.05, 0) is 54.8 Å². The fraction of sp³-hybridized carbons (Fsp3) is 0.418. The predicted octanol–water partition coefficient (Wildman–Crippen LogP) is 8.39. The average molecular weight is 1130 g/mol. The zero-order valence-corrected chi connectivity index (χ0v) is 46.5. The van der Waals surface area contributed by atoms with Crippen LogP contribution in [0.4, 0.5) is 21.0 Å². The Kier molecular flexibility index (Phi) is 17.1. The predicted molar refractivity (Wildman–Crippen MR) is 288 cm³/mol. The van der Waals surface area contributed by atoms with Gasteiger partial charge in [-0.15, -0.1) is 34.5 Å². The first kappa shape index (κ1) is 57.0. The van der Waals surface area contributed by atoms with E-state index in [9.17, 15) is 38.4 Å². The number of nitrogens with zero attached hydrogens (tertiary/aromatic N) is 4. The zero-order valence-electron chi connectivity index (χ0n) is 44.2. The maximum absolute atomic E-state index is 14.9. The van der Waals surface area contributed by atoms with Crippen molar-refractivity contribution in [1.29, 1.82) is 0 Å². The van der Waals surface area contributed by atoms with Gasteiger partial charge in [-0.3, -0.25) is 24.0 Å². The van der Waals surface area contributed by atoms with Crippen molar-refractivity contribution in [3.05, 3.63) is 93.7 Å². The Hall–Kier alpha value is -7.20. The molecular formula is C55H58Cl2N4O16S. The summed E-state index contributed by atoms with van der Waals surface area (Å²) < 4.78 is 45.7. The maximum atomic E-state index is 14.9. The van der Waals surface area contributed by atoms with E-state index in [4.69, 9.17) is 61.1 Å². The molecule has 23 heteroatoms. The molecule has 3 aliphatic rings. The molecule has 0 saturated carbocycles. The van der Waals surface area contributed by atoms with Crippen molar-refractivity contribution in [3.63, 3.8) is 0 Å². The molecule has 7 atom stereocenters. The summed E-state index contributed by atoms with van der Waals surface area (Å²) in [6.45, 7) is 9.15. The lowest BCUT2D eigenvalue weighted by Crippen LogP contribution is -2.64. The van der Waals surface area contributed by atoms with Crippen molar-refractivity contribution in [2.24, 2.45) is 0 Å². The van der Waals surface area contributed by atoms with Gasteiger partial charge >= 0.3 is 36.1 Å². The minimum atomic E-state index is -1.73. The van der Waals surface area contributed by atoms with Gasteiger partial charge in [0.05, 0.1) is 28.2 Å². The van der Waals surface area contributed by atoms with E-state index < -0.39 is 84.2 Å². The van der Waals surface area contributed by atoms with E-state index in [1.165, 1.54) is 14.7 Å². The van der Waals surface area contributed by atoms with Crippen LogP contribution < -0.4 is 19.3 Å². The molecule has 0 radical (unpaired) electrons. The summed E-state index contributed by atoms with van der Waals surface area (Å²) in [6.07, 6.45) is -9.52. The van der Waals surface area contributed by atoms with Gasteiger partial charge < -0.3 is 57.5 Å². The Morgan fingerprint density at radius 1 is 0.641 bits per heavy atom. The normalized spacial score (nSPS) is 20.5. The Morgan fingerprint density at radius 3 is 1.56 bits per heavy atom.